The van der Waals surface area contributed by atoms with Crippen LogP contribution >= 0.6 is 23.6 Å². The van der Waals surface area contributed by atoms with E-state index in [1.165, 1.54) is 4.88 Å². The normalized spacial score (nSPS) is 15.3. The minimum absolute atomic E-state index is 0.206. The number of nitrogens with zero attached hydrogens (tertiary/aromatic N) is 1. The second-order valence-electron chi connectivity index (χ2n) is 9.82. The van der Waals surface area contributed by atoms with Gasteiger partial charge < -0.3 is 10.6 Å². The molecule has 1 heterocycles. The average molecular weight is 488 g/mol. The van der Waals surface area contributed by atoms with Gasteiger partial charge in [0.25, 0.3) is 0 Å². The molecule has 2 N–H and O–H groups in total. The Hall–Kier alpha value is -3.01. The van der Waals surface area contributed by atoms with Crippen molar-refractivity contribution in [3.8, 4) is 6.07 Å². The van der Waals surface area contributed by atoms with Crippen molar-refractivity contribution in [2.75, 3.05) is 5.32 Å². The van der Waals surface area contributed by atoms with Crippen molar-refractivity contribution >= 4 is 39.6 Å². The molecular weight excluding hydrogens is 458 g/mol. The molecule has 1 atom stereocenters. The van der Waals surface area contributed by atoms with Gasteiger partial charge in [0.1, 0.15) is 11.1 Å². The Morgan fingerprint density at radius 2 is 1.68 bits per heavy atom. The van der Waals surface area contributed by atoms with Crippen LogP contribution in [0.5, 0.6) is 0 Å². The third-order valence-electron chi connectivity index (χ3n) is 6.59. The van der Waals surface area contributed by atoms with Gasteiger partial charge in [-0.1, -0.05) is 81.4 Å². The van der Waals surface area contributed by atoms with Gasteiger partial charge in [-0.05, 0) is 59.5 Å². The summed E-state index contributed by atoms with van der Waals surface area (Å²) >= 11 is 7.11. The predicted molar refractivity (Wildman–Crippen MR) is 143 cm³/mol. The molecule has 4 nitrogen and oxygen atoms in total. The van der Waals surface area contributed by atoms with Crippen molar-refractivity contribution in [1.82, 2.24) is 5.32 Å². The summed E-state index contributed by atoms with van der Waals surface area (Å²) in [5.41, 5.74) is 3.82. The van der Waals surface area contributed by atoms with Crippen LogP contribution in [0.4, 0.5) is 5.00 Å². The third kappa shape index (κ3) is 5.22. The van der Waals surface area contributed by atoms with E-state index in [4.69, 9.17) is 12.2 Å². The largest absolute Gasteiger partial charge is 0.323 e. The average Bonchev–Trinajstić information content (AvgIpc) is 3.16. The number of carbonyl (C=O) groups is 1. The van der Waals surface area contributed by atoms with Gasteiger partial charge >= 0.3 is 0 Å². The minimum atomic E-state index is -0.485. The lowest BCUT2D eigenvalue weighted by Gasteiger charge is -2.33. The molecule has 3 aromatic rings. The molecule has 1 aliphatic carbocycles. The summed E-state index contributed by atoms with van der Waals surface area (Å²) in [6.07, 6.45) is 2.96. The van der Waals surface area contributed by atoms with Crippen LogP contribution in [0.25, 0.3) is 0 Å². The SMILES string of the molecule is CC(C)(C)[C@H]1CCc2c(sc(NC(=S)NC(=O)C(c3ccccc3)c3ccccc3)c2C#N)C1. The van der Waals surface area contributed by atoms with E-state index in [-0.39, 0.29) is 16.4 Å². The van der Waals surface area contributed by atoms with Gasteiger partial charge in [0, 0.05) is 4.88 Å². The van der Waals surface area contributed by atoms with Gasteiger partial charge in [-0.2, -0.15) is 5.26 Å². The molecule has 0 unspecified atom stereocenters. The Kier molecular flexibility index (Phi) is 7.16. The molecule has 0 radical (unpaired) electrons. The number of thiophene rings is 1. The first-order valence-electron chi connectivity index (χ1n) is 11.5. The van der Waals surface area contributed by atoms with E-state index < -0.39 is 5.92 Å². The lowest BCUT2D eigenvalue weighted by molar-refractivity contribution is -0.120. The molecule has 1 aromatic heterocycles. The van der Waals surface area contributed by atoms with Crippen LogP contribution in [0.2, 0.25) is 0 Å². The van der Waals surface area contributed by atoms with E-state index in [2.05, 4.69) is 37.5 Å². The number of hydrogen-bond acceptors (Lipinski definition) is 4. The second kappa shape index (κ2) is 10.1. The van der Waals surface area contributed by atoms with E-state index in [9.17, 15) is 10.1 Å². The first-order chi connectivity index (χ1) is 16.3. The Balaban J connectivity index is 1.53. The number of anilines is 1. The molecular formula is C28H29N3OS2. The van der Waals surface area contributed by atoms with Crippen molar-refractivity contribution < 1.29 is 4.79 Å². The highest BCUT2D eigenvalue weighted by molar-refractivity contribution is 7.80. The topological polar surface area (TPSA) is 64.9 Å². The number of thiocarbonyl (C=S) groups is 1. The van der Waals surface area contributed by atoms with Gasteiger partial charge in [0.05, 0.1) is 11.5 Å². The maximum Gasteiger partial charge on any atom is 0.238 e. The molecule has 34 heavy (non-hydrogen) atoms. The highest BCUT2D eigenvalue weighted by atomic mass is 32.1. The molecule has 2 aromatic carbocycles. The van der Waals surface area contributed by atoms with E-state index in [0.717, 1.165) is 41.0 Å². The summed E-state index contributed by atoms with van der Waals surface area (Å²) in [7, 11) is 0. The molecule has 0 bridgehead atoms. The fourth-order valence-electron chi connectivity index (χ4n) is 4.64. The highest BCUT2D eigenvalue weighted by Crippen LogP contribution is 2.44. The van der Waals surface area contributed by atoms with Gasteiger partial charge in [-0.25, -0.2) is 0 Å². The van der Waals surface area contributed by atoms with Gasteiger partial charge in [0.15, 0.2) is 5.11 Å². The van der Waals surface area contributed by atoms with Crippen molar-refractivity contribution in [2.45, 2.75) is 46.0 Å². The maximum atomic E-state index is 13.3. The van der Waals surface area contributed by atoms with Gasteiger partial charge in [-0.15, -0.1) is 11.3 Å². The summed E-state index contributed by atoms with van der Waals surface area (Å²) in [5.74, 6) is -0.105. The summed E-state index contributed by atoms with van der Waals surface area (Å²) in [6.45, 7) is 6.84. The second-order valence-corrected chi connectivity index (χ2v) is 11.3. The number of benzene rings is 2. The zero-order valence-corrected chi connectivity index (χ0v) is 21.4. The van der Waals surface area contributed by atoms with Crippen LogP contribution < -0.4 is 10.6 Å². The Morgan fingerprint density at radius 1 is 1.09 bits per heavy atom. The number of hydrogen-bond donors (Lipinski definition) is 2. The van der Waals surface area contributed by atoms with Crippen molar-refractivity contribution in [1.29, 1.82) is 5.26 Å². The maximum absolute atomic E-state index is 13.3. The molecule has 4 rings (SSSR count). The summed E-state index contributed by atoms with van der Waals surface area (Å²) in [6, 6.07) is 21.7. The first-order valence-corrected chi connectivity index (χ1v) is 12.8. The standard InChI is InChI=1S/C28H29N3OS2/c1-28(2,3)20-14-15-21-22(17-29)26(34-23(21)16-20)31-27(33)30-25(32)24(18-10-6-4-7-11-18)19-12-8-5-9-13-19/h4-13,20,24H,14-16H2,1-3H3,(H2,30,31,32,33)/t20-/m0/s1. The summed E-state index contributed by atoms with van der Waals surface area (Å²) in [5, 5.41) is 16.8. The van der Waals surface area contributed by atoms with Crippen LogP contribution in [-0.2, 0) is 17.6 Å². The lowest BCUT2D eigenvalue weighted by Crippen LogP contribution is -2.37. The number of nitrogens with one attached hydrogen (secondary N) is 2. The molecule has 174 valence electrons. The number of fused-ring (bicyclic) bond motifs is 1. The highest BCUT2D eigenvalue weighted by Gasteiger charge is 2.32. The molecule has 1 amide bonds. The van der Waals surface area contributed by atoms with Crippen LogP contribution in [0, 0.1) is 22.7 Å². The van der Waals surface area contributed by atoms with Crippen LogP contribution in [-0.4, -0.2) is 11.0 Å². The third-order valence-corrected chi connectivity index (χ3v) is 7.97. The van der Waals surface area contributed by atoms with Crippen LogP contribution in [0.3, 0.4) is 0 Å². The first kappa shape index (κ1) is 24.1. The number of rotatable bonds is 4. The Morgan fingerprint density at radius 3 is 2.21 bits per heavy atom. The van der Waals surface area contributed by atoms with Crippen molar-refractivity contribution in [2.24, 2.45) is 11.3 Å². The molecule has 0 aliphatic heterocycles. The lowest BCUT2D eigenvalue weighted by atomic mass is 9.72. The monoisotopic (exact) mass is 487 g/mol. The molecule has 1 aliphatic rings. The number of carbonyl (C=O) groups excluding carboxylic acids is 1. The van der Waals surface area contributed by atoms with Crippen LogP contribution in [0.15, 0.2) is 60.7 Å². The Bertz CT molecular complexity index is 1180. The van der Waals surface area contributed by atoms with E-state index in [1.807, 2.05) is 60.7 Å². The van der Waals surface area contributed by atoms with E-state index in [1.54, 1.807) is 11.3 Å². The fraction of sp³-hybridized carbons (Fsp3) is 0.321. The molecule has 0 saturated heterocycles. The summed E-state index contributed by atoms with van der Waals surface area (Å²) < 4.78 is 0. The molecule has 0 spiro atoms. The fourth-order valence-corrected chi connectivity index (χ4v) is 6.19. The van der Waals surface area contributed by atoms with Crippen molar-refractivity contribution in [3.63, 3.8) is 0 Å². The van der Waals surface area contributed by atoms with Crippen LogP contribution in [0.1, 0.15) is 60.2 Å². The number of nitriles is 1. The Labute approximate surface area is 211 Å². The smallest absolute Gasteiger partial charge is 0.238 e. The summed E-state index contributed by atoms with van der Waals surface area (Å²) in [4.78, 5) is 14.6. The van der Waals surface area contributed by atoms with Crippen molar-refractivity contribution in [3.05, 3.63) is 87.8 Å². The quantitative estimate of drug-likeness (QED) is 0.417. The van der Waals surface area contributed by atoms with Gasteiger partial charge in [0.2, 0.25) is 5.91 Å². The van der Waals surface area contributed by atoms with Gasteiger partial charge in [-0.3, -0.25) is 4.79 Å². The number of amides is 1. The molecule has 6 heteroatoms. The van der Waals surface area contributed by atoms with E-state index in [0.29, 0.717) is 11.5 Å². The van der Waals surface area contributed by atoms with E-state index >= 15 is 0 Å². The minimum Gasteiger partial charge on any atom is -0.323 e. The molecule has 0 saturated carbocycles. The zero-order chi connectivity index (χ0) is 24.3. The molecule has 0 fully saturated rings. The predicted octanol–water partition coefficient (Wildman–Crippen LogP) is 6.42. The zero-order valence-electron chi connectivity index (χ0n) is 19.7.